The summed E-state index contributed by atoms with van der Waals surface area (Å²) in [5, 5.41) is 9.18. The topological polar surface area (TPSA) is 63.0 Å². The molecule has 1 spiro atoms. The molecular formula is C15H14N2O2. The van der Waals surface area contributed by atoms with E-state index in [1.54, 1.807) is 19.4 Å². The first kappa shape index (κ1) is 12.1. The smallest absolute Gasteiger partial charge is 0.179 e. The molecule has 1 unspecified atom stereocenters. The van der Waals surface area contributed by atoms with Crippen molar-refractivity contribution in [1.82, 2.24) is 4.98 Å². The van der Waals surface area contributed by atoms with Crippen LogP contribution in [0.4, 0.5) is 0 Å². The normalized spacial score (nSPS) is 27.8. The van der Waals surface area contributed by atoms with Crippen LogP contribution in [0, 0.1) is 16.7 Å². The lowest BCUT2D eigenvalue weighted by Gasteiger charge is -2.36. The molecule has 1 aromatic heterocycles. The standard InChI is InChI=1S/C15H14N2O2/c1-19-15(12-4-2-3-7-17-12)8-11(9-16)13(18)14(10-15)5-6-14/h2-4,7-8H,5-6,10H2,1H3. The van der Waals surface area contributed by atoms with Gasteiger partial charge in [0.05, 0.1) is 11.3 Å². The molecule has 4 heteroatoms. The van der Waals surface area contributed by atoms with Crippen LogP contribution in [0.5, 0.6) is 0 Å². The first-order valence-corrected chi connectivity index (χ1v) is 6.30. The van der Waals surface area contributed by atoms with Crippen LogP contribution in [-0.2, 0) is 15.1 Å². The van der Waals surface area contributed by atoms with Crippen molar-refractivity contribution in [3.05, 3.63) is 41.7 Å². The predicted octanol–water partition coefficient (Wildman–Crippen LogP) is 2.13. The number of aromatic nitrogens is 1. The molecule has 0 amide bonds. The maximum atomic E-state index is 12.2. The molecule has 2 aliphatic carbocycles. The SMILES string of the molecule is COC1(c2ccccn2)C=C(C#N)C(=O)C2(CC2)C1. The molecule has 4 nitrogen and oxygen atoms in total. The zero-order valence-corrected chi connectivity index (χ0v) is 10.7. The number of methoxy groups -OCH3 is 1. The predicted molar refractivity (Wildman–Crippen MR) is 67.9 cm³/mol. The van der Waals surface area contributed by atoms with Crippen molar-refractivity contribution in [2.45, 2.75) is 24.9 Å². The minimum atomic E-state index is -0.753. The van der Waals surface area contributed by atoms with Crippen molar-refractivity contribution >= 4 is 5.78 Å². The molecular weight excluding hydrogens is 240 g/mol. The van der Waals surface area contributed by atoms with Gasteiger partial charge in [-0.1, -0.05) is 6.07 Å². The Bertz CT molecular complexity index is 596. The molecule has 0 saturated heterocycles. The van der Waals surface area contributed by atoms with Crippen LogP contribution in [0.1, 0.15) is 25.0 Å². The number of carbonyl (C=O) groups excluding carboxylic acids is 1. The van der Waals surface area contributed by atoms with E-state index < -0.39 is 11.0 Å². The molecule has 0 aliphatic heterocycles. The summed E-state index contributed by atoms with van der Waals surface area (Å²) in [6.45, 7) is 0. The maximum absolute atomic E-state index is 12.2. The lowest BCUT2D eigenvalue weighted by Crippen LogP contribution is -2.39. The number of ether oxygens (including phenoxy) is 1. The second-order valence-electron chi connectivity index (χ2n) is 5.26. The van der Waals surface area contributed by atoms with Gasteiger partial charge < -0.3 is 4.74 Å². The summed E-state index contributed by atoms with van der Waals surface area (Å²) < 4.78 is 5.68. The van der Waals surface area contributed by atoms with E-state index >= 15 is 0 Å². The van der Waals surface area contributed by atoms with Gasteiger partial charge in [-0.15, -0.1) is 0 Å². The number of pyridine rings is 1. The first-order chi connectivity index (χ1) is 9.16. The molecule has 1 aromatic rings. The van der Waals surface area contributed by atoms with Gasteiger partial charge in [0.25, 0.3) is 0 Å². The summed E-state index contributed by atoms with van der Waals surface area (Å²) in [7, 11) is 1.60. The highest BCUT2D eigenvalue weighted by Gasteiger charge is 2.58. The van der Waals surface area contributed by atoms with E-state index in [9.17, 15) is 10.1 Å². The Morgan fingerprint density at radius 3 is 2.74 bits per heavy atom. The van der Waals surface area contributed by atoms with Crippen LogP contribution >= 0.6 is 0 Å². The Hall–Kier alpha value is -1.99. The van der Waals surface area contributed by atoms with Gasteiger partial charge in [-0.2, -0.15) is 5.26 Å². The van der Waals surface area contributed by atoms with E-state index in [1.165, 1.54) is 0 Å². The fourth-order valence-corrected chi connectivity index (χ4v) is 2.87. The Kier molecular flexibility index (Phi) is 2.54. The molecule has 1 saturated carbocycles. The lowest BCUT2D eigenvalue weighted by atomic mass is 9.74. The molecule has 1 fully saturated rings. The van der Waals surface area contributed by atoms with E-state index in [-0.39, 0.29) is 11.4 Å². The summed E-state index contributed by atoms with van der Waals surface area (Å²) in [4.78, 5) is 16.6. The van der Waals surface area contributed by atoms with Crippen molar-refractivity contribution < 1.29 is 9.53 Å². The number of ketones is 1. The molecule has 19 heavy (non-hydrogen) atoms. The van der Waals surface area contributed by atoms with Crippen molar-refractivity contribution in [3.63, 3.8) is 0 Å². The highest BCUT2D eigenvalue weighted by atomic mass is 16.5. The lowest BCUT2D eigenvalue weighted by molar-refractivity contribution is -0.124. The fraction of sp³-hybridized carbons (Fsp3) is 0.400. The molecule has 0 bridgehead atoms. The summed E-state index contributed by atoms with van der Waals surface area (Å²) in [6.07, 6.45) is 5.59. The van der Waals surface area contributed by atoms with Crippen LogP contribution in [-0.4, -0.2) is 17.9 Å². The third kappa shape index (κ3) is 1.70. The van der Waals surface area contributed by atoms with Gasteiger partial charge in [0, 0.05) is 18.7 Å². The number of allylic oxidation sites excluding steroid dienone is 1. The zero-order valence-electron chi connectivity index (χ0n) is 10.7. The van der Waals surface area contributed by atoms with Crippen LogP contribution in [0.3, 0.4) is 0 Å². The number of carbonyl (C=O) groups is 1. The summed E-state index contributed by atoms with van der Waals surface area (Å²) in [6, 6.07) is 7.61. The monoisotopic (exact) mass is 254 g/mol. The Morgan fingerprint density at radius 1 is 1.42 bits per heavy atom. The number of hydrogen-bond acceptors (Lipinski definition) is 4. The second kappa shape index (κ2) is 4.01. The molecule has 1 heterocycles. The number of rotatable bonds is 2. The van der Waals surface area contributed by atoms with Crippen molar-refractivity contribution in [2.75, 3.05) is 7.11 Å². The molecule has 1 atom stereocenters. The number of hydrogen-bond donors (Lipinski definition) is 0. The third-order valence-corrected chi connectivity index (χ3v) is 4.14. The average Bonchev–Trinajstić information content (AvgIpc) is 3.23. The van der Waals surface area contributed by atoms with E-state index in [0.717, 1.165) is 18.5 Å². The van der Waals surface area contributed by atoms with Crippen LogP contribution in [0.2, 0.25) is 0 Å². The molecule has 0 radical (unpaired) electrons. The first-order valence-electron chi connectivity index (χ1n) is 6.30. The van der Waals surface area contributed by atoms with Gasteiger partial charge in [-0.05, 0) is 37.5 Å². The van der Waals surface area contributed by atoms with Gasteiger partial charge in [0.2, 0.25) is 0 Å². The van der Waals surface area contributed by atoms with Crippen LogP contribution in [0.25, 0.3) is 0 Å². The number of nitriles is 1. The van der Waals surface area contributed by atoms with E-state index in [2.05, 4.69) is 4.98 Å². The second-order valence-corrected chi connectivity index (χ2v) is 5.26. The molecule has 3 rings (SSSR count). The highest BCUT2D eigenvalue weighted by molar-refractivity contribution is 6.06. The van der Waals surface area contributed by atoms with Gasteiger partial charge in [-0.3, -0.25) is 9.78 Å². The van der Waals surface area contributed by atoms with Gasteiger partial charge in [0.1, 0.15) is 11.7 Å². The van der Waals surface area contributed by atoms with E-state index in [1.807, 2.05) is 24.3 Å². The molecule has 2 aliphatic rings. The van der Waals surface area contributed by atoms with Crippen molar-refractivity contribution in [2.24, 2.45) is 5.41 Å². The average molecular weight is 254 g/mol. The Morgan fingerprint density at radius 2 is 2.21 bits per heavy atom. The number of Topliss-reactive ketones (excluding diaryl/α,β-unsaturated/α-hetero) is 1. The Labute approximate surface area is 111 Å². The third-order valence-electron chi connectivity index (χ3n) is 4.14. The summed E-state index contributed by atoms with van der Waals surface area (Å²) >= 11 is 0. The minimum absolute atomic E-state index is 0.0291. The van der Waals surface area contributed by atoms with E-state index in [4.69, 9.17) is 4.74 Å². The number of nitrogens with zero attached hydrogens (tertiary/aromatic N) is 2. The van der Waals surface area contributed by atoms with Crippen molar-refractivity contribution in [3.8, 4) is 6.07 Å². The quantitative estimate of drug-likeness (QED) is 0.811. The fourth-order valence-electron chi connectivity index (χ4n) is 2.87. The van der Waals surface area contributed by atoms with Crippen LogP contribution in [0.15, 0.2) is 36.0 Å². The van der Waals surface area contributed by atoms with Gasteiger partial charge >= 0.3 is 0 Å². The summed E-state index contributed by atoms with van der Waals surface area (Å²) in [5.74, 6) is -0.0291. The van der Waals surface area contributed by atoms with E-state index in [0.29, 0.717) is 6.42 Å². The maximum Gasteiger partial charge on any atom is 0.179 e. The van der Waals surface area contributed by atoms with Gasteiger partial charge in [0.15, 0.2) is 5.78 Å². The molecule has 0 aromatic carbocycles. The van der Waals surface area contributed by atoms with Crippen LogP contribution < -0.4 is 0 Å². The van der Waals surface area contributed by atoms with Crippen molar-refractivity contribution in [1.29, 1.82) is 5.26 Å². The molecule has 0 N–H and O–H groups in total. The highest BCUT2D eigenvalue weighted by Crippen LogP contribution is 2.58. The Balaban J connectivity index is 2.14. The molecule has 96 valence electrons. The largest absolute Gasteiger partial charge is 0.368 e. The minimum Gasteiger partial charge on any atom is -0.368 e. The van der Waals surface area contributed by atoms with Gasteiger partial charge in [-0.25, -0.2) is 0 Å². The zero-order chi connectivity index (χ0) is 13.5. The summed E-state index contributed by atoms with van der Waals surface area (Å²) in [5.41, 5.74) is -0.190.